The van der Waals surface area contributed by atoms with Gasteiger partial charge < -0.3 is 14.9 Å². The fourth-order valence-electron chi connectivity index (χ4n) is 4.38. The van der Waals surface area contributed by atoms with Crippen LogP contribution in [-0.2, 0) is 13.2 Å². The van der Waals surface area contributed by atoms with Gasteiger partial charge in [-0.05, 0) is 70.5 Å². The molecule has 1 aliphatic carbocycles. The van der Waals surface area contributed by atoms with Gasteiger partial charge >= 0.3 is 0 Å². The molecule has 0 atom stereocenters. The second-order valence-corrected chi connectivity index (χ2v) is 7.78. The molecule has 0 bridgehead atoms. The van der Waals surface area contributed by atoms with E-state index in [2.05, 4.69) is 41.8 Å². The van der Waals surface area contributed by atoms with Crippen LogP contribution in [0.2, 0.25) is 0 Å². The zero-order valence-electron chi connectivity index (χ0n) is 16.2. The van der Waals surface area contributed by atoms with Crippen LogP contribution in [0.4, 0.5) is 0 Å². The van der Waals surface area contributed by atoms with Crippen molar-refractivity contribution in [2.24, 2.45) is 0 Å². The minimum absolute atomic E-state index is 0.0732. The van der Waals surface area contributed by atoms with Crippen LogP contribution in [-0.4, -0.2) is 17.3 Å². The number of methoxy groups -OCH3 is 1. The van der Waals surface area contributed by atoms with Gasteiger partial charge in [-0.1, -0.05) is 0 Å². The lowest BCUT2D eigenvalue weighted by molar-refractivity contribution is -0.516. The first-order valence-electron chi connectivity index (χ1n) is 9.77. The number of aryl methyl sites for hydroxylation is 1. The number of hydrogen-bond acceptors (Lipinski definition) is 3. The Morgan fingerprint density at radius 1 is 0.964 bits per heavy atom. The van der Waals surface area contributed by atoms with Gasteiger partial charge in [0.1, 0.15) is 5.75 Å². The highest BCUT2D eigenvalue weighted by Crippen LogP contribution is 2.45. The van der Waals surface area contributed by atoms with Crippen molar-refractivity contribution in [3.8, 4) is 5.75 Å². The summed E-state index contributed by atoms with van der Waals surface area (Å²) in [5.74, 6) is 1.58. The number of ether oxygens (including phenoxy) is 1. The maximum atomic E-state index is 9.70. The molecule has 1 aliphatic rings. The molecule has 28 heavy (non-hydrogen) atoms. The summed E-state index contributed by atoms with van der Waals surface area (Å²) in [6.45, 7) is 1.96. The number of rotatable bonds is 4. The van der Waals surface area contributed by atoms with E-state index in [4.69, 9.17) is 4.74 Å². The van der Waals surface area contributed by atoms with Gasteiger partial charge in [-0.25, -0.2) is 0 Å². The molecule has 2 heterocycles. The smallest absolute Gasteiger partial charge is 0.219 e. The second-order valence-electron chi connectivity index (χ2n) is 7.78. The van der Waals surface area contributed by atoms with Crippen molar-refractivity contribution in [2.45, 2.75) is 38.9 Å². The molecule has 4 heteroatoms. The minimum Gasteiger partial charge on any atom is -0.496 e. The molecule has 0 aliphatic heterocycles. The summed E-state index contributed by atoms with van der Waals surface area (Å²) in [6.07, 6.45) is 4.55. The topological polar surface area (TPSA) is 53.8 Å². The van der Waals surface area contributed by atoms with Gasteiger partial charge in [0.2, 0.25) is 5.52 Å². The van der Waals surface area contributed by atoms with Crippen LogP contribution >= 0.6 is 0 Å². The summed E-state index contributed by atoms with van der Waals surface area (Å²) in [7, 11) is 1.75. The van der Waals surface area contributed by atoms with Gasteiger partial charge in [-0.3, -0.25) is 0 Å². The first-order valence-corrected chi connectivity index (χ1v) is 9.77. The van der Waals surface area contributed by atoms with E-state index in [1.807, 2.05) is 12.1 Å². The first-order chi connectivity index (χ1) is 13.6. The largest absolute Gasteiger partial charge is 0.496 e. The third-order valence-corrected chi connectivity index (χ3v) is 6.11. The maximum Gasteiger partial charge on any atom is 0.219 e. The number of nitrogens with zero attached hydrogens (tertiary/aromatic N) is 1. The van der Waals surface area contributed by atoms with Crippen LogP contribution in [0.15, 0.2) is 42.6 Å². The van der Waals surface area contributed by atoms with E-state index >= 15 is 0 Å². The zero-order valence-corrected chi connectivity index (χ0v) is 16.2. The molecule has 4 aromatic rings. The first kappa shape index (κ1) is 17.4. The maximum absolute atomic E-state index is 9.70. The Bertz CT molecular complexity index is 1240. The lowest BCUT2D eigenvalue weighted by atomic mass is 9.98. The molecule has 1 fully saturated rings. The summed E-state index contributed by atoms with van der Waals surface area (Å²) in [5, 5.41) is 23.9. The molecule has 2 N–H and O–H groups in total. The normalized spacial score (nSPS) is 14.3. The molecule has 0 saturated heterocycles. The molecule has 2 aromatic carbocycles. The molecule has 0 unspecified atom stereocenters. The van der Waals surface area contributed by atoms with Crippen LogP contribution in [0.5, 0.6) is 5.75 Å². The number of hydrogen-bond donors (Lipinski definition) is 2. The Morgan fingerprint density at radius 2 is 1.71 bits per heavy atom. The average Bonchev–Trinajstić information content (AvgIpc) is 3.57. The average molecular weight is 374 g/mol. The lowest BCUT2D eigenvalue weighted by Crippen LogP contribution is -2.25. The predicted molar refractivity (Wildman–Crippen MR) is 110 cm³/mol. The van der Waals surface area contributed by atoms with Crippen LogP contribution in [0, 0.1) is 6.92 Å². The molecule has 0 radical (unpaired) electrons. The molecule has 4 nitrogen and oxygen atoms in total. The van der Waals surface area contributed by atoms with Crippen molar-refractivity contribution in [3.63, 3.8) is 0 Å². The van der Waals surface area contributed by atoms with Gasteiger partial charge in [0.25, 0.3) is 0 Å². The van der Waals surface area contributed by atoms with Gasteiger partial charge in [-0.2, -0.15) is 4.40 Å². The molecule has 5 rings (SSSR count). The van der Waals surface area contributed by atoms with Gasteiger partial charge in [0.05, 0.1) is 25.7 Å². The molecule has 0 spiro atoms. The summed E-state index contributed by atoms with van der Waals surface area (Å²) < 4.78 is 7.87. The van der Waals surface area contributed by atoms with E-state index in [9.17, 15) is 10.2 Å². The second kappa shape index (κ2) is 6.43. The minimum atomic E-state index is -0.0748. The third-order valence-electron chi connectivity index (χ3n) is 6.11. The van der Waals surface area contributed by atoms with E-state index in [0.717, 1.165) is 44.2 Å². The number of aromatic nitrogens is 1. The van der Waals surface area contributed by atoms with Crippen LogP contribution in [0.1, 0.15) is 41.1 Å². The van der Waals surface area contributed by atoms with E-state index in [-0.39, 0.29) is 13.2 Å². The van der Waals surface area contributed by atoms with Crippen molar-refractivity contribution < 1.29 is 19.4 Å². The quantitative estimate of drug-likeness (QED) is 0.323. The molecular formula is C24H24NO3+. The lowest BCUT2D eigenvalue weighted by Gasteiger charge is -2.12. The van der Waals surface area contributed by atoms with Crippen molar-refractivity contribution in [3.05, 3.63) is 65.0 Å². The van der Waals surface area contributed by atoms with E-state index < -0.39 is 0 Å². The van der Waals surface area contributed by atoms with Crippen molar-refractivity contribution in [1.82, 2.24) is 0 Å². The zero-order chi connectivity index (χ0) is 19.4. The predicted octanol–water partition coefficient (Wildman–Crippen LogP) is 3.91. The third kappa shape index (κ3) is 2.56. The highest BCUT2D eigenvalue weighted by Gasteiger charge is 2.28. The van der Waals surface area contributed by atoms with Crippen molar-refractivity contribution >= 4 is 27.1 Å². The van der Waals surface area contributed by atoms with Crippen molar-refractivity contribution in [1.29, 1.82) is 0 Å². The van der Waals surface area contributed by atoms with Gasteiger partial charge in [0.15, 0.2) is 11.9 Å². The molecule has 0 amide bonds. The monoisotopic (exact) mass is 374 g/mol. The number of benzene rings is 2. The Kier molecular flexibility index (Phi) is 4.00. The fourth-order valence-corrected chi connectivity index (χ4v) is 4.38. The summed E-state index contributed by atoms with van der Waals surface area (Å²) >= 11 is 0. The number of aliphatic hydroxyl groups excluding tert-OH is 2. The highest BCUT2D eigenvalue weighted by atomic mass is 16.5. The van der Waals surface area contributed by atoms with Crippen LogP contribution < -0.4 is 9.14 Å². The van der Waals surface area contributed by atoms with E-state index in [0.29, 0.717) is 5.92 Å². The fraction of sp³-hybridized carbons (Fsp3) is 0.292. The SMILES string of the molecule is COc1cc2cc[n+]3c(C)c4cc(CO)c(CO)cc4cc3c2cc1C1CC1. The van der Waals surface area contributed by atoms with Crippen molar-refractivity contribution in [2.75, 3.05) is 7.11 Å². The number of aliphatic hydroxyl groups is 2. The molecule has 1 saturated carbocycles. The molecule has 142 valence electrons. The Balaban J connectivity index is 1.87. The van der Waals surface area contributed by atoms with Crippen LogP contribution in [0.3, 0.4) is 0 Å². The molecule has 2 aromatic heterocycles. The summed E-state index contributed by atoms with van der Waals surface area (Å²) in [6, 6.07) is 12.8. The Labute approximate surface area is 163 Å². The summed E-state index contributed by atoms with van der Waals surface area (Å²) in [4.78, 5) is 0. The van der Waals surface area contributed by atoms with Gasteiger partial charge in [0, 0.05) is 24.4 Å². The summed E-state index contributed by atoms with van der Waals surface area (Å²) in [5.41, 5.74) is 5.12. The van der Waals surface area contributed by atoms with E-state index in [1.165, 1.54) is 23.8 Å². The number of pyridine rings is 2. The van der Waals surface area contributed by atoms with Crippen LogP contribution in [0.25, 0.3) is 27.1 Å². The standard InChI is InChI=1S/C24H24NO3/c1-14-20-8-19(13-27)18(12-26)7-17(20)9-23-21-11-22(15-3-4-15)24(28-2)10-16(21)5-6-25(14)23/h5-11,15,26-27H,3-4,12-13H2,1-2H3/q+1. The van der Waals surface area contributed by atoms with Gasteiger partial charge in [-0.15, -0.1) is 0 Å². The van der Waals surface area contributed by atoms with E-state index in [1.54, 1.807) is 7.11 Å². The molecular weight excluding hydrogens is 350 g/mol. The highest BCUT2D eigenvalue weighted by molar-refractivity contribution is 5.99. The number of fused-ring (bicyclic) bond motifs is 4. The Hall–Kier alpha value is -2.69. The Morgan fingerprint density at radius 3 is 2.39 bits per heavy atom.